The molecule has 1 heterocycles. The lowest BCUT2D eigenvalue weighted by atomic mass is 9.98. The highest BCUT2D eigenvalue weighted by Gasteiger charge is 2.52. The minimum absolute atomic E-state index is 0.0185. The van der Waals surface area contributed by atoms with Crippen LogP contribution in [0.1, 0.15) is 27.7 Å². The molecule has 1 fully saturated rings. The Labute approximate surface area is 192 Å². The number of carbonyl (C=O) groups is 4. The summed E-state index contributed by atoms with van der Waals surface area (Å²) in [7, 11) is 0. The summed E-state index contributed by atoms with van der Waals surface area (Å²) in [5, 5.41) is 0. The van der Waals surface area contributed by atoms with Crippen molar-refractivity contribution in [1.29, 1.82) is 0 Å². The summed E-state index contributed by atoms with van der Waals surface area (Å²) in [5.74, 6) is -2.74. The second kappa shape index (κ2) is 15.5. The zero-order valence-electron chi connectivity index (χ0n) is 19.3. The highest BCUT2D eigenvalue weighted by atomic mass is 16.7. The number of ether oxygens (including phenoxy) is 8. The van der Waals surface area contributed by atoms with E-state index >= 15 is 0 Å². The highest BCUT2D eigenvalue weighted by Crippen LogP contribution is 2.29. The van der Waals surface area contributed by atoms with E-state index in [-0.39, 0.29) is 19.8 Å². The molecule has 0 bridgehead atoms. The molecule has 1 saturated heterocycles. The van der Waals surface area contributed by atoms with E-state index < -0.39 is 54.6 Å². The molecule has 0 spiro atoms. The maximum atomic E-state index is 11.8. The van der Waals surface area contributed by atoms with E-state index in [1.54, 1.807) is 0 Å². The van der Waals surface area contributed by atoms with Crippen molar-refractivity contribution < 1.29 is 57.1 Å². The Balaban J connectivity index is 2.95. The molecule has 5 unspecified atom stereocenters. The number of nitrogens with two attached hydrogens (primary N) is 1. The molecular formula is C20H33NO12. The molecule has 33 heavy (non-hydrogen) atoms. The van der Waals surface area contributed by atoms with E-state index in [0.29, 0.717) is 26.4 Å². The molecule has 13 heteroatoms. The van der Waals surface area contributed by atoms with E-state index in [1.165, 1.54) is 6.92 Å². The second-order valence-corrected chi connectivity index (χ2v) is 6.95. The topological polar surface area (TPSA) is 168 Å². The first-order chi connectivity index (χ1) is 15.6. The molecule has 1 aliphatic heterocycles. The Bertz CT molecular complexity index is 643. The number of hydrogen-bond donors (Lipinski definition) is 1. The molecule has 0 radical (unpaired) electrons. The van der Waals surface area contributed by atoms with E-state index in [2.05, 4.69) is 0 Å². The van der Waals surface area contributed by atoms with Gasteiger partial charge in [-0.3, -0.25) is 19.2 Å². The third-order valence-corrected chi connectivity index (χ3v) is 4.09. The second-order valence-electron chi connectivity index (χ2n) is 6.95. The Kier molecular flexibility index (Phi) is 13.5. The normalized spacial score (nSPS) is 24.6. The fraction of sp³-hybridized carbons (Fsp3) is 0.800. The van der Waals surface area contributed by atoms with Crippen LogP contribution in [0.25, 0.3) is 0 Å². The van der Waals surface area contributed by atoms with Crippen molar-refractivity contribution in [2.24, 2.45) is 5.73 Å². The van der Waals surface area contributed by atoms with Crippen molar-refractivity contribution in [1.82, 2.24) is 0 Å². The molecule has 0 aromatic rings. The number of carbonyl (C=O) groups excluding carboxylic acids is 4. The largest absolute Gasteiger partial charge is 0.463 e. The summed E-state index contributed by atoms with van der Waals surface area (Å²) < 4.78 is 42.9. The van der Waals surface area contributed by atoms with Gasteiger partial charge in [0.15, 0.2) is 24.6 Å². The minimum Gasteiger partial charge on any atom is -0.463 e. The van der Waals surface area contributed by atoms with Gasteiger partial charge in [-0.2, -0.15) is 0 Å². The van der Waals surface area contributed by atoms with Crippen molar-refractivity contribution in [3.63, 3.8) is 0 Å². The molecule has 0 aromatic carbocycles. The third kappa shape index (κ3) is 11.4. The summed E-state index contributed by atoms with van der Waals surface area (Å²) in [6, 6.07) is 0. The summed E-state index contributed by atoms with van der Waals surface area (Å²) in [4.78, 5) is 46.4. The lowest BCUT2D eigenvalue weighted by Gasteiger charge is -2.44. The average Bonchev–Trinajstić information content (AvgIpc) is 2.71. The van der Waals surface area contributed by atoms with Crippen LogP contribution in [-0.2, 0) is 57.1 Å². The van der Waals surface area contributed by atoms with Crippen LogP contribution >= 0.6 is 0 Å². The van der Waals surface area contributed by atoms with E-state index in [4.69, 9.17) is 43.6 Å². The molecule has 1 rings (SSSR count). The molecule has 190 valence electrons. The fourth-order valence-corrected chi connectivity index (χ4v) is 2.95. The number of esters is 4. The Morgan fingerprint density at radius 1 is 0.697 bits per heavy atom. The predicted octanol–water partition coefficient (Wildman–Crippen LogP) is -0.922. The van der Waals surface area contributed by atoms with Gasteiger partial charge in [-0.05, 0) is 0 Å². The summed E-state index contributed by atoms with van der Waals surface area (Å²) in [5.41, 5.74) is 5.33. The lowest BCUT2D eigenvalue weighted by molar-refractivity contribution is -0.309. The predicted molar refractivity (Wildman–Crippen MR) is 109 cm³/mol. The van der Waals surface area contributed by atoms with Crippen LogP contribution in [0.5, 0.6) is 0 Å². The minimum atomic E-state index is -1.28. The van der Waals surface area contributed by atoms with Crippen LogP contribution in [-0.4, -0.2) is 101 Å². The molecule has 0 aliphatic carbocycles. The van der Waals surface area contributed by atoms with Gasteiger partial charge in [0, 0.05) is 34.2 Å². The van der Waals surface area contributed by atoms with Crippen molar-refractivity contribution in [2.45, 2.75) is 58.4 Å². The van der Waals surface area contributed by atoms with E-state index in [9.17, 15) is 19.2 Å². The first kappa shape index (κ1) is 28.7. The fourth-order valence-electron chi connectivity index (χ4n) is 2.95. The molecular weight excluding hydrogens is 446 g/mol. The van der Waals surface area contributed by atoms with Gasteiger partial charge in [0.05, 0.1) is 33.0 Å². The summed E-state index contributed by atoms with van der Waals surface area (Å²) >= 11 is 0. The van der Waals surface area contributed by atoms with Gasteiger partial charge in [-0.25, -0.2) is 0 Å². The number of hydrogen-bond acceptors (Lipinski definition) is 13. The lowest BCUT2D eigenvalue weighted by Crippen LogP contribution is -2.63. The van der Waals surface area contributed by atoms with Crippen LogP contribution in [0.3, 0.4) is 0 Å². The smallest absolute Gasteiger partial charge is 0.303 e. The van der Waals surface area contributed by atoms with Crippen LogP contribution in [0.4, 0.5) is 0 Å². The van der Waals surface area contributed by atoms with E-state index in [0.717, 1.165) is 20.8 Å². The maximum absolute atomic E-state index is 11.8. The quantitative estimate of drug-likeness (QED) is 0.185. The number of rotatable bonds is 14. The zero-order valence-corrected chi connectivity index (χ0v) is 19.3. The average molecular weight is 479 g/mol. The Morgan fingerprint density at radius 3 is 1.76 bits per heavy atom. The third-order valence-electron chi connectivity index (χ3n) is 4.09. The van der Waals surface area contributed by atoms with Crippen LogP contribution < -0.4 is 5.73 Å². The highest BCUT2D eigenvalue weighted by molar-refractivity contribution is 5.68. The van der Waals surface area contributed by atoms with Gasteiger partial charge in [-0.1, -0.05) is 0 Å². The molecule has 2 N–H and O–H groups in total. The molecule has 5 atom stereocenters. The zero-order chi connectivity index (χ0) is 24.8. The summed E-state index contributed by atoms with van der Waals surface area (Å²) in [6.07, 6.45) is -6.07. The van der Waals surface area contributed by atoms with Crippen molar-refractivity contribution in [3.8, 4) is 0 Å². The van der Waals surface area contributed by atoms with Crippen LogP contribution in [0, 0.1) is 0 Å². The van der Waals surface area contributed by atoms with Gasteiger partial charge in [0.1, 0.15) is 12.7 Å². The molecule has 1 aliphatic rings. The molecule has 13 nitrogen and oxygen atoms in total. The van der Waals surface area contributed by atoms with Gasteiger partial charge in [0.25, 0.3) is 0 Å². The molecule has 0 aromatic heterocycles. The van der Waals surface area contributed by atoms with Crippen LogP contribution in [0.15, 0.2) is 0 Å². The molecule has 0 saturated carbocycles. The van der Waals surface area contributed by atoms with Crippen LogP contribution in [0.2, 0.25) is 0 Å². The maximum Gasteiger partial charge on any atom is 0.303 e. The monoisotopic (exact) mass is 479 g/mol. The van der Waals surface area contributed by atoms with Crippen molar-refractivity contribution in [3.05, 3.63) is 0 Å². The Morgan fingerprint density at radius 2 is 1.21 bits per heavy atom. The molecule has 0 amide bonds. The van der Waals surface area contributed by atoms with E-state index in [1.807, 2.05) is 0 Å². The van der Waals surface area contributed by atoms with Gasteiger partial charge < -0.3 is 43.6 Å². The first-order valence-corrected chi connectivity index (χ1v) is 10.4. The summed E-state index contributed by atoms with van der Waals surface area (Å²) in [6.45, 7) is 5.97. The van der Waals surface area contributed by atoms with Gasteiger partial charge in [-0.15, -0.1) is 0 Å². The standard InChI is InChI=1S/C20H33NO12/c1-12(22)29-11-16-17(30-13(2)23)18(31-14(3)24)19(32-15(4)25)20(33-16)28-10-9-27-8-7-26-6-5-21/h16-20H,5-11,21H2,1-4H3. The SMILES string of the molecule is CC(=O)OCC1OC(OCCOCCOCCN)C(OC(C)=O)C(OC(C)=O)C1OC(C)=O. The van der Waals surface area contributed by atoms with Crippen molar-refractivity contribution >= 4 is 23.9 Å². The van der Waals surface area contributed by atoms with Crippen molar-refractivity contribution in [2.75, 3.05) is 46.2 Å². The van der Waals surface area contributed by atoms with Gasteiger partial charge >= 0.3 is 23.9 Å². The first-order valence-electron chi connectivity index (χ1n) is 10.4. The van der Waals surface area contributed by atoms with Gasteiger partial charge in [0.2, 0.25) is 0 Å². The Hall–Kier alpha value is -2.32.